The standard InChI is InChI=1S/C14H15FN2O2/c15-12-4-1-3-11(9-12)6-7-16-14(18)17-10-13-5-2-8-19-13/h1-5,8-9H,6-7,10H2,(H2,16,17,18). The van der Waals surface area contributed by atoms with Crippen LogP contribution in [0.2, 0.25) is 0 Å². The molecule has 2 amide bonds. The van der Waals surface area contributed by atoms with Crippen molar-refractivity contribution in [2.75, 3.05) is 6.54 Å². The second-order valence-electron chi connectivity index (χ2n) is 4.07. The van der Waals surface area contributed by atoms with E-state index in [-0.39, 0.29) is 11.8 Å². The van der Waals surface area contributed by atoms with Crippen LogP contribution in [0.15, 0.2) is 47.1 Å². The molecule has 0 saturated carbocycles. The number of furan rings is 1. The minimum absolute atomic E-state index is 0.264. The first-order chi connectivity index (χ1) is 9.24. The lowest BCUT2D eigenvalue weighted by molar-refractivity contribution is 0.239. The average molecular weight is 262 g/mol. The van der Waals surface area contributed by atoms with Crippen LogP contribution in [0.1, 0.15) is 11.3 Å². The van der Waals surface area contributed by atoms with E-state index in [0.29, 0.717) is 25.3 Å². The molecule has 1 aromatic heterocycles. The normalized spacial score (nSPS) is 10.2. The van der Waals surface area contributed by atoms with Crippen LogP contribution >= 0.6 is 0 Å². The van der Waals surface area contributed by atoms with Gasteiger partial charge in [-0.3, -0.25) is 0 Å². The van der Waals surface area contributed by atoms with Crippen LogP contribution in [0.25, 0.3) is 0 Å². The first-order valence-electron chi connectivity index (χ1n) is 6.02. The predicted molar refractivity (Wildman–Crippen MR) is 69.1 cm³/mol. The summed E-state index contributed by atoms with van der Waals surface area (Å²) in [5.74, 6) is 0.431. The molecule has 1 heterocycles. The summed E-state index contributed by atoms with van der Waals surface area (Å²) in [5.41, 5.74) is 0.853. The number of rotatable bonds is 5. The summed E-state index contributed by atoms with van der Waals surface area (Å²) in [6.07, 6.45) is 2.14. The largest absolute Gasteiger partial charge is 0.467 e. The van der Waals surface area contributed by atoms with Crippen molar-refractivity contribution in [1.29, 1.82) is 0 Å². The molecule has 0 aliphatic rings. The van der Waals surface area contributed by atoms with Crippen molar-refractivity contribution < 1.29 is 13.6 Å². The minimum Gasteiger partial charge on any atom is -0.467 e. The molecule has 0 unspecified atom stereocenters. The SMILES string of the molecule is O=C(NCCc1cccc(F)c1)NCc1ccco1. The smallest absolute Gasteiger partial charge is 0.315 e. The minimum atomic E-state index is -0.271. The number of carbonyl (C=O) groups excluding carboxylic acids is 1. The highest BCUT2D eigenvalue weighted by molar-refractivity contribution is 5.73. The average Bonchev–Trinajstić information content (AvgIpc) is 2.89. The highest BCUT2D eigenvalue weighted by Gasteiger charge is 2.02. The van der Waals surface area contributed by atoms with Crippen molar-refractivity contribution in [2.24, 2.45) is 0 Å². The number of amides is 2. The second kappa shape index (κ2) is 6.58. The lowest BCUT2D eigenvalue weighted by Gasteiger charge is -2.06. The van der Waals surface area contributed by atoms with E-state index in [4.69, 9.17) is 4.42 Å². The summed E-state index contributed by atoms with van der Waals surface area (Å²) < 4.78 is 18.0. The third-order valence-electron chi connectivity index (χ3n) is 2.59. The lowest BCUT2D eigenvalue weighted by Crippen LogP contribution is -2.36. The molecule has 0 saturated heterocycles. The summed E-state index contributed by atoms with van der Waals surface area (Å²) in [7, 11) is 0. The summed E-state index contributed by atoms with van der Waals surface area (Å²) in [6.45, 7) is 0.798. The molecule has 2 N–H and O–H groups in total. The molecule has 0 bridgehead atoms. The number of carbonyl (C=O) groups is 1. The van der Waals surface area contributed by atoms with Crippen LogP contribution < -0.4 is 10.6 Å². The molecule has 1 aromatic carbocycles. The number of urea groups is 1. The first kappa shape index (κ1) is 13.1. The van der Waals surface area contributed by atoms with Crippen LogP contribution in [-0.2, 0) is 13.0 Å². The lowest BCUT2D eigenvalue weighted by atomic mass is 10.1. The van der Waals surface area contributed by atoms with Crippen molar-refractivity contribution >= 4 is 6.03 Å². The van der Waals surface area contributed by atoms with Gasteiger partial charge in [-0.25, -0.2) is 9.18 Å². The van der Waals surface area contributed by atoms with Crippen molar-refractivity contribution in [3.8, 4) is 0 Å². The van der Waals surface area contributed by atoms with Crippen LogP contribution in [0.5, 0.6) is 0 Å². The Morgan fingerprint density at radius 3 is 2.84 bits per heavy atom. The second-order valence-corrected chi connectivity index (χ2v) is 4.07. The van der Waals surface area contributed by atoms with E-state index in [9.17, 15) is 9.18 Å². The van der Waals surface area contributed by atoms with E-state index in [1.165, 1.54) is 12.1 Å². The van der Waals surface area contributed by atoms with Gasteiger partial charge in [0.15, 0.2) is 0 Å². The Balaban J connectivity index is 1.66. The highest BCUT2D eigenvalue weighted by Crippen LogP contribution is 2.03. The Hall–Kier alpha value is -2.30. The highest BCUT2D eigenvalue weighted by atomic mass is 19.1. The zero-order valence-corrected chi connectivity index (χ0v) is 10.4. The molecule has 0 aliphatic heterocycles. The fourth-order valence-electron chi connectivity index (χ4n) is 1.66. The third-order valence-corrected chi connectivity index (χ3v) is 2.59. The monoisotopic (exact) mass is 262 g/mol. The fraction of sp³-hybridized carbons (Fsp3) is 0.214. The van der Waals surface area contributed by atoms with Crippen LogP contribution in [0.4, 0.5) is 9.18 Å². The number of halogens is 1. The Labute approximate surface area is 110 Å². The van der Waals surface area contributed by atoms with Crippen molar-refractivity contribution in [2.45, 2.75) is 13.0 Å². The number of nitrogens with one attached hydrogen (secondary N) is 2. The Morgan fingerprint density at radius 1 is 1.21 bits per heavy atom. The third kappa shape index (κ3) is 4.46. The predicted octanol–water partition coefficient (Wildman–Crippen LogP) is 2.46. The molecule has 0 aliphatic carbocycles. The molecule has 2 aromatic rings. The number of benzene rings is 1. The van der Waals surface area contributed by atoms with Gasteiger partial charge in [-0.2, -0.15) is 0 Å². The van der Waals surface area contributed by atoms with Gasteiger partial charge in [-0.1, -0.05) is 12.1 Å². The topological polar surface area (TPSA) is 54.3 Å². The van der Waals surface area contributed by atoms with E-state index in [1.54, 1.807) is 24.5 Å². The fourth-order valence-corrected chi connectivity index (χ4v) is 1.66. The van der Waals surface area contributed by atoms with E-state index >= 15 is 0 Å². The van der Waals surface area contributed by atoms with Gasteiger partial charge in [-0.05, 0) is 36.2 Å². The molecule has 5 heteroatoms. The summed E-state index contributed by atoms with van der Waals surface area (Å²) in [5, 5.41) is 5.36. The molecular weight excluding hydrogens is 247 g/mol. The summed E-state index contributed by atoms with van der Waals surface area (Å²) in [4.78, 5) is 11.5. The first-order valence-corrected chi connectivity index (χ1v) is 6.02. The van der Waals surface area contributed by atoms with Gasteiger partial charge in [-0.15, -0.1) is 0 Å². The van der Waals surface area contributed by atoms with Gasteiger partial charge in [0, 0.05) is 6.54 Å². The maximum atomic E-state index is 12.9. The zero-order valence-electron chi connectivity index (χ0n) is 10.4. The van der Waals surface area contributed by atoms with Crippen molar-refractivity contribution in [1.82, 2.24) is 10.6 Å². The molecule has 100 valence electrons. The molecule has 2 rings (SSSR count). The van der Waals surface area contributed by atoms with Crippen molar-refractivity contribution in [3.63, 3.8) is 0 Å². The van der Waals surface area contributed by atoms with Gasteiger partial charge in [0.1, 0.15) is 11.6 Å². The summed E-state index contributed by atoms with van der Waals surface area (Å²) in [6, 6.07) is 9.61. The van der Waals surface area contributed by atoms with Gasteiger partial charge in [0.2, 0.25) is 0 Å². The Morgan fingerprint density at radius 2 is 2.11 bits per heavy atom. The van der Waals surface area contributed by atoms with E-state index in [1.807, 2.05) is 6.07 Å². The number of hydrogen-bond acceptors (Lipinski definition) is 2. The Kier molecular flexibility index (Phi) is 4.55. The molecular formula is C14H15FN2O2. The molecule has 0 radical (unpaired) electrons. The maximum absolute atomic E-state index is 12.9. The van der Waals surface area contributed by atoms with Crippen LogP contribution in [-0.4, -0.2) is 12.6 Å². The van der Waals surface area contributed by atoms with Gasteiger partial charge in [0.05, 0.1) is 12.8 Å². The Bertz CT molecular complexity index is 526. The molecule has 0 fully saturated rings. The summed E-state index contributed by atoms with van der Waals surface area (Å²) >= 11 is 0. The van der Waals surface area contributed by atoms with E-state index in [2.05, 4.69) is 10.6 Å². The quantitative estimate of drug-likeness (QED) is 0.869. The maximum Gasteiger partial charge on any atom is 0.315 e. The van der Waals surface area contributed by atoms with E-state index < -0.39 is 0 Å². The van der Waals surface area contributed by atoms with Crippen LogP contribution in [0.3, 0.4) is 0 Å². The zero-order chi connectivity index (χ0) is 13.5. The van der Waals surface area contributed by atoms with Crippen molar-refractivity contribution in [3.05, 3.63) is 59.8 Å². The molecule has 0 atom stereocenters. The molecule has 4 nitrogen and oxygen atoms in total. The number of hydrogen-bond donors (Lipinski definition) is 2. The molecule has 0 spiro atoms. The van der Waals surface area contributed by atoms with Gasteiger partial charge in [0.25, 0.3) is 0 Å². The van der Waals surface area contributed by atoms with E-state index in [0.717, 1.165) is 5.56 Å². The van der Waals surface area contributed by atoms with Gasteiger partial charge < -0.3 is 15.1 Å². The van der Waals surface area contributed by atoms with Crippen LogP contribution in [0, 0.1) is 5.82 Å². The molecule has 19 heavy (non-hydrogen) atoms. The van der Waals surface area contributed by atoms with Gasteiger partial charge >= 0.3 is 6.03 Å².